The van der Waals surface area contributed by atoms with E-state index < -0.39 is 0 Å². The highest BCUT2D eigenvalue weighted by Gasteiger charge is 2.16. The Labute approximate surface area is 137 Å². The molecule has 23 heavy (non-hydrogen) atoms. The van der Waals surface area contributed by atoms with E-state index >= 15 is 0 Å². The molecular formula is C18H24N4O. The van der Waals surface area contributed by atoms with E-state index in [0.717, 1.165) is 32.5 Å². The largest absolute Gasteiger partial charge is 0.373 e. The zero-order valence-electron chi connectivity index (χ0n) is 13.6. The van der Waals surface area contributed by atoms with Gasteiger partial charge in [-0.1, -0.05) is 24.3 Å². The molecule has 1 N–H and O–H groups in total. The van der Waals surface area contributed by atoms with E-state index in [4.69, 9.17) is 4.74 Å². The van der Waals surface area contributed by atoms with Crippen LogP contribution in [-0.2, 0) is 17.9 Å². The fraction of sp³-hybridized carbons (Fsp3) is 0.444. The molecule has 0 radical (unpaired) electrons. The van der Waals surface area contributed by atoms with Crippen molar-refractivity contribution in [3.8, 4) is 0 Å². The van der Waals surface area contributed by atoms with E-state index in [1.165, 1.54) is 11.1 Å². The molecule has 0 atom stereocenters. The summed E-state index contributed by atoms with van der Waals surface area (Å²) in [6.07, 6.45) is 6.14. The first kappa shape index (κ1) is 15.9. The van der Waals surface area contributed by atoms with Crippen LogP contribution in [-0.4, -0.2) is 41.1 Å². The Kier molecular flexibility index (Phi) is 5.56. The summed E-state index contributed by atoms with van der Waals surface area (Å²) in [5.41, 5.74) is 2.43. The summed E-state index contributed by atoms with van der Waals surface area (Å²) < 4.78 is 6.02. The molecule has 3 rings (SSSR count). The molecule has 2 heterocycles. The summed E-state index contributed by atoms with van der Waals surface area (Å²) in [5, 5.41) is 3.21. The molecule has 1 saturated heterocycles. The second-order valence-electron chi connectivity index (χ2n) is 6.06. The van der Waals surface area contributed by atoms with Crippen molar-refractivity contribution in [1.82, 2.24) is 14.9 Å². The van der Waals surface area contributed by atoms with Crippen molar-refractivity contribution in [2.45, 2.75) is 32.1 Å². The molecule has 122 valence electrons. The van der Waals surface area contributed by atoms with E-state index in [-0.39, 0.29) is 0 Å². The standard InChI is InChI=1S/C18H24N4O/c1-22-11-7-17(8-12-22)23-14-16-5-3-15(4-6-16)13-21-18-19-9-2-10-20-18/h2-6,9-10,17H,7-8,11-14H2,1H3,(H,19,20,21). The van der Waals surface area contributed by atoms with Crippen molar-refractivity contribution in [2.24, 2.45) is 0 Å². The second-order valence-corrected chi connectivity index (χ2v) is 6.06. The minimum absolute atomic E-state index is 0.405. The lowest BCUT2D eigenvalue weighted by atomic mass is 10.1. The highest BCUT2D eigenvalue weighted by atomic mass is 16.5. The molecule has 0 saturated carbocycles. The van der Waals surface area contributed by atoms with Crippen LogP contribution < -0.4 is 5.32 Å². The molecule has 2 aromatic rings. The monoisotopic (exact) mass is 312 g/mol. The molecule has 1 fully saturated rings. The normalized spacial score (nSPS) is 16.4. The number of benzene rings is 1. The average molecular weight is 312 g/mol. The fourth-order valence-corrected chi connectivity index (χ4v) is 2.69. The molecular weight excluding hydrogens is 288 g/mol. The van der Waals surface area contributed by atoms with Crippen molar-refractivity contribution in [3.63, 3.8) is 0 Å². The maximum absolute atomic E-state index is 6.02. The van der Waals surface area contributed by atoms with Crippen LogP contribution in [0.2, 0.25) is 0 Å². The van der Waals surface area contributed by atoms with Gasteiger partial charge in [0.1, 0.15) is 0 Å². The van der Waals surface area contributed by atoms with Gasteiger partial charge in [-0.2, -0.15) is 0 Å². The smallest absolute Gasteiger partial charge is 0.222 e. The summed E-state index contributed by atoms with van der Waals surface area (Å²) >= 11 is 0. The second kappa shape index (κ2) is 8.04. The maximum Gasteiger partial charge on any atom is 0.222 e. The summed E-state index contributed by atoms with van der Waals surface area (Å²) in [7, 11) is 2.17. The number of anilines is 1. The van der Waals surface area contributed by atoms with Crippen molar-refractivity contribution in [1.29, 1.82) is 0 Å². The number of aromatic nitrogens is 2. The van der Waals surface area contributed by atoms with E-state index in [2.05, 4.69) is 51.5 Å². The summed E-state index contributed by atoms with van der Waals surface area (Å²) in [6.45, 7) is 3.69. The Morgan fingerprint density at radius 3 is 2.43 bits per heavy atom. The number of ether oxygens (including phenoxy) is 1. The molecule has 0 bridgehead atoms. The minimum Gasteiger partial charge on any atom is -0.373 e. The van der Waals surface area contributed by atoms with E-state index in [0.29, 0.717) is 18.7 Å². The van der Waals surface area contributed by atoms with Gasteiger partial charge >= 0.3 is 0 Å². The van der Waals surface area contributed by atoms with Crippen LogP contribution in [0.1, 0.15) is 24.0 Å². The highest BCUT2D eigenvalue weighted by molar-refractivity contribution is 5.28. The van der Waals surface area contributed by atoms with Gasteiger partial charge in [-0.15, -0.1) is 0 Å². The Morgan fingerprint density at radius 2 is 1.74 bits per heavy atom. The van der Waals surface area contributed by atoms with Gasteiger partial charge in [0.2, 0.25) is 5.95 Å². The van der Waals surface area contributed by atoms with Crippen LogP contribution in [0.4, 0.5) is 5.95 Å². The number of likely N-dealkylation sites (tertiary alicyclic amines) is 1. The molecule has 1 aliphatic rings. The molecule has 5 heteroatoms. The summed E-state index contributed by atoms with van der Waals surface area (Å²) in [4.78, 5) is 10.7. The molecule has 0 spiro atoms. The number of hydrogen-bond acceptors (Lipinski definition) is 5. The van der Waals surface area contributed by atoms with Gasteiger partial charge in [-0.05, 0) is 37.1 Å². The van der Waals surface area contributed by atoms with Crippen molar-refractivity contribution in [2.75, 3.05) is 25.5 Å². The van der Waals surface area contributed by atoms with E-state index in [9.17, 15) is 0 Å². The van der Waals surface area contributed by atoms with Crippen LogP contribution in [0, 0.1) is 0 Å². The number of hydrogen-bond donors (Lipinski definition) is 1. The topological polar surface area (TPSA) is 50.3 Å². The van der Waals surface area contributed by atoms with Gasteiger partial charge in [0.05, 0.1) is 12.7 Å². The lowest BCUT2D eigenvalue weighted by Crippen LogP contribution is -2.34. The lowest BCUT2D eigenvalue weighted by Gasteiger charge is -2.28. The first-order valence-corrected chi connectivity index (χ1v) is 8.18. The van der Waals surface area contributed by atoms with Crippen molar-refractivity contribution >= 4 is 5.95 Å². The van der Waals surface area contributed by atoms with Crippen LogP contribution >= 0.6 is 0 Å². The van der Waals surface area contributed by atoms with Crippen molar-refractivity contribution < 1.29 is 4.74 Å². The van der Waals surface area contributed by atoms with E-state index in [1.807, 2.05) is 6.07 Å². The van der Waals surface area contributed by atoms with Crippen LogP contribution in [0.5, 0.6) is 0 Å². The fourth-order valence-electron chi connectivity index (χ4n) is 2.69. The summed E-state index contributed by atoms with van der Waals surface area (Å²) in [5.74, 6) is 0.655. The van der Waals surface area contributed by atoms with Gasteiger partial charge in [0.25, 0.3) is 0 Å². The summed E-state index contributed by atoms with van der Waals surface area (Å²) in [6, 6.07) is 10.3. The molecule has 1 aromatic carbocycles. The van der Waals surface area contributed by atoms with Gasteiger partial charge in [-0.25, -0.2) is 9.97 Å². The van der Waals surface area contributed by atoms with Crippen molar-refractivity contribution in [3.05, 3.63) is 53.9 Å². The Balaban J connectivity index is 1.43. The third kappa shape index (κ3) is 5.01. The van der Waals surface area contributed by atoms with Crippen LogP contribution in [0.25, 0.3) is 0 Å². The quantitative estimate of drug-likeness (QED) is 0.889. The molecule has 1 aliphatic heterocycles. The molecule has 0 amide bonds. The molecule has 1 aromatic heterocycles. The van der Waals surface area contributed by atoms with Gasteiger partial charge in [0.15, 0.2) is 0 Å². The van der Waals surface area contributed by atoms with Gasteiger partial charge in [0, 0.05) is 32.0 Å². The Bertz CT molecular complexity index is 580. The molecule has 5 nitrogen and oxygen atoms in total. The predicted molar refractivity (Wildman–Crippen MR) is 91.1 cm³/mol. The molecule has 0 aliphatic carbocycles. The number of piperidine rings is 1. The van der Waals surface area contributed by atoms with E-state index in [1.54, 1.807) is 12.4 Å². The maximum atomic E-state index is 6.02. The number of nitrogens with zero attached hydrogens (tertiary/aromatic N) is 3. The van der Waals surface area contributed by atoms with Crippen LogP contribution in [0.15, 0.2) is 42.7 Å². The van der Waals surface area contributed by atoms with Gasteiger partial charge < -0.3 is 15.0 Å². The SMILES string of the molecule is CN1CCC(OCc2ccc(CNc3ncccn3)cc2)CC1. The number of nitrogens with one attached hydrogen (secondary N) is 1. The zero-order valence-corrected chi connectivity index (χ0v) is 13.6. The predicted octanol–water partition coefficient (Wildman–Crippen LogP) is 2.70. The molecule has 0 unspecified atom stereocenters. The zero-order chi connectivity index (χ0) is 15.9. The third-order valence-electron chi connectivity index (χ3n) is 4.19. The van der Waals surface area contributed by atoms with Gasteiger partial charge in [-0.3, -0.25) is 0 Å². The van der Waals surface area contributed by atoms with Crippen LogP contribution in [0.3, 0.4) is 0 Å². The average Bonchev–Trinajstić information content (AvgIpc) is 2.61. The first-order chi connectivity index (χ1) is 11.3. The third-order valence-corrected chi connectivity index (χ3v) is 4.19. The Hall–Kier alpha value is -1.98. The Morgan fingerprint density at radius 1 is 1.09 bits per heavy atom. The number of rotatable bonds is 6. The highest BCUT2D eigenvalue weighted by Crippen LogP contribution is 2.15. The first-order valence-electron chi connectivity index (χ1n) is 8.18. The minimum atomic E-state index is 0.405. The lowest BCUT2D eigenvalue weighted by molar-refractivity contribution is 0.00213.